The first-order valence-corrected chi connectivity index (χ1v) is 7.67. The molecule has 1 amide bonds. The number of piperazine rings is 1. The number of amides is 1. The van der Waals surface area contributed by atoms with Crippen LogP contribution in [0.5, 0.6) is 0 Å². The van der Waals surface area contributed by atoms with Crippen LogP contribution in [0, 0.1) is 11.7 Å². The number of rotatable bonds is 3. The Hall–Kier alpha value is -1.50. The molecule has 3 rings (SSSR count). The molecule has 0 spiro atoms. The van der Waals surface area contributed by atoms with Gasteiger partial charge in [-0.05, 0) is 17.7 Å². The monoisotopic (exact) mass is 308 g/mol. The zero-order valence-electron chi connectivity index (χ0n) is 12.5. The Kier molecular flexibility index (Phi) is 5.02. The van der Waals surface area contributed by atoms with Gasteiger partial charge >= 0.3 is 0 Å². The molecule has 6 heteroatoms. The summed E-state index contributed by atoms with van der Waals surface area (Å²) in [6.45, 7) is 4.55. The van der Waals surface area contributed by atoms with Gasteiger partial charge in [0, 0.05) is 25.6 Å². The van der Waals surface area contributed by atoms with Crippen molar-refractivity contribution in [3.63, 3.8) is 0 Å². The minimum Gasteiger partial charge on any atom is -0.379 e. The highest BCUT2D eigenvalue weighted by molar-refractivity contribution is 5.83. The Labute approximate surface area is 129 Å². The van der Waals surface area contributed by atoms with Gasteiger partial charge in [0.25, 0.3) is 0 Å². The molecule has 120 valence electrons. The van der Waals surface area contributed by atoms with E-state index in [1.54, 1.807) is 12.1 Å². The summed E-state index contributed by atoms with van der Waals surface area (Å²) in [5, 5.41) is 2.86. The van der Waals surface area contributed by atoms with Gasteiger partial charge in [-0.1, -0.05) is 12.1 Å². The molecule has 1 atom stereocenters. The molecular formula is C16H21FN2O3. The molecule has 1 N–H and O–H groups in total. The fourth-order valence-corrected chi connectivity index (χ4v) is 3.05. The molecule has 2 heterocycles. The van der Waals surface area contributed by atoms with Crippen molar-refractivity contribution in [3.05, 3.63) is 35.6 Å². The van der Waals surface area contributed by atoms with E-state index in [4.69, 9.17) is 9.47 Å². The predicted molar refractivity (Wildman–Crippen MR) is 78.9 cm³/mol. The number of nitrogens with zero attached hydrogens (tertiary/aromatic N) is 1. The van der Waals surface area contributed by atoms with Crippen LogP contribution in [0.4, 0.5) is 4.39 Å². The molecule has 5 nitrogen and oxygen atoms in total. The molecule has 2 aliphatic heterocycles. The molecule has 1 aromatic rings. The SMILES string of the molecule is O=C1NCCN(CC2COCCOC2)C1c1cccc(F)c1. The first-order valence-electron chi connectivity index (χ1n) is 7.67. The van der Waals surface area contributed by atoms with Gasteiger partial charge in [0.05, 0.1) is 26.4 Å². The van der Waals surface area contributed by atoms with Crippen molar-refractivity contribution in [1.82, 2.24) is 10.2 Å². The first kappa shape index (κ1) is 15.4. The van der Waals surface area contributed by atoms with Crippen molar-refractivity contribution in [1.29, 1.82) is 0 Å². The van der Waals surface area contributed by atoms with Crippen LogP contribution in [0.15, 0.2) is 24.3 Å². The van der Waals surface area contributed by atoms with Gasteiger partial charge in [-0.15, -0.1) is 0 Å². The van der Waals surface area contributed by atoms with Crippen LogP contribution in [0.3, 0.4) is 0 Å². The molecular weight excluding hydrogens is 287 g/mol. The molecule has 1 aromatic carbocycles. The van der Waals surface area contributed by atoms with Gasteiger partial charge < -0.3 is 14.8 Å². The van der Waals surface area contributed by atoms with E-state index in [2.05, 4.69) is 10.2 Å². The van der Waals surface area contributed by atoms with Crippen LogP contribution in [0.25, 0.3) is 0 Å². The van der Waals surface area contributed by atoms with Crippen molar-refractivity contribution in [2.75, 3.05) is 46.1 Å². The highest BCUT2D eigenvalue weighted by Crippen LogP contribution is 2.25. The van der Waals surface area contributed by atoms with Crippen molar-refractivity contribution in [2.45, 2.75) is 6.04 Å². The normalized spacial score (nSPS) is 24.8. The lowest BCUT2D eigenvalue weighted by Crippen LogP contribution is -2.51. The lowest BCUT2D eigenvalue weighted by Gasteiger charge is -2.37. The second-order valence-electron chi connectivity index (χ2n) is 5.76. The maximum Gasteiger partial charge on any atom is 0.242 e. The molecule has 2 aliphatic rings. The molecule has 2 fully saturated rings. The van der Waals surface area contributed by atoms with Crippen molar-refractivity contribution < 1.29 is 18.7 Å². The van der Waals surface area contributed by atoms with Gasteiger partial charge in [-0.3, -0.25) is 9.69 Å². The zero-order chi connectivity index (χ0) is 15.4. The Morgan fingerprint density at radius 3 is 2.77 bits per heavy atom. The zero-order valence-corrected chi connectivity index (χ0v) is 12.5. The molecule has 2 saturated heterocycles. The van der Waals surface area contributed by atoms with E-state index in [-0.39, 0.29) is 17.6 Å². The van der Waals surface area contributed by atoms with Gasteiger partial charge in [0.15, 0.2) is 0 Å². The topological polar surface area (TPSA) is 50.8 Å². The number of halogens is 1. The Morgan fingerprint density at radius 2 is 2.05 bits per heavy atom. The number of hydrogen-bond donors (Lipinski definition) is 1. The van der Waals surface area contributed by atoms with Crippen LogP contribution >= 0.6 is 0 Å². The Bertz CT molecular complexity index is 518. The first-order chi connectivity index (χ1) is 10.7. The van der Waals surface area contributed by atoms with E-state index in [0.29, 0.717) is 45.1 Å². The maximum atomic E-state index is 13.5. The summed E-state index contributed by atoms with van der Waals surface area (Å²) in [6, 6.07) is 5.81. The van der Waals surface area contributed by atoms with Crippen molar-refractivity contribution in [2.24, 2.45) is 5.92 Å². The Balaban J connectivity index is 1.76. The van der Waals surface area contributed by atoms with Crippen LogP contribution in [0.1, 0.15) is 11.6 Å². The fourth-order valence-electron chi connectivity index (χ4n) is 3.05. The maximum absolute atomic E-state index is 13.5. The van der Waals surface area contributed by atoms with Gasteiger partial charge in [0.2, 0.25) is 5.91 Å². The van der Waals surface area contributed by atoms with Crippen molar-refractivity contribution in [3.8, 4) is 0 Å². The molecule has 0 aliphatic carbocycles. The summed E-state index contributed by atoms with van der Waals surface area (Å²) in [7, 11) is 0. The summed E-state index contributed by atoms with van der Waals surface area (Å²) in [5.74, 6) is -0.172. The van der Waals surface area contributed by atoms with E-state index in [9.17, 15) is 9.18 Å². The number of benzene rings is 1. The predicted octanol–water partition coefficient (Wildman–Crippen LogP) is 0.962. The van der Waals surface area contributed by atoms with Crippen LogP contribution in [0.2, 0.25) is 0 Å². The number of nitrogens with one attached hydrogen (secondary N) is 1. The fraction of sp³-hybridized carbons (Fsp3) is 0.562. The summed E-state index contributed by atoms with van der Waals surface area (Å²) >= 11 is 0. The lowest BCUT2D eigenvalue weighted by molar-refractivity contribution is -0.129. The van der Waals surface area contributed by atoms with E-state index in [0.717, 1.165) is 6.54 Å². The third-order valence-electron chi connectivity index (χ3n) is 4.05. The third-order valence-corrected chi connectivity index (χ3v) is 4.05. The standard InChI is InChI=1S/C16H21FN2O3/c17-14-3-1-2-13(8-14)15-16(20)18-4-5-19(15)9-12-10-21-6-7-22-11-12/h1-3,8,12,15H,4-7,9-11H2,(H,18,20). The second-order valence-corrected chi connectivity index (χ2v) is 5.76. The molecule has 1 unspecified atom stereocenters. The number of ether oxygens (including phenoxy) is 2. The van der Waals surface area contributed by atoms with Crippen LogP contribution in [-0.4, -0.2) is 56.9 Å². The lowest BCUT2D eigenvalue weighted by atomic mass is 10.0. The van der Waals surface area contributed by atoms with E-state index >= 15 is 0 Å². The van der Waals surface area contributed by atoms with E-state index in [1.165, 1.54) is 12.1 Å². The van der Waals surface area contributed by atoms with Crippen LogP contribution in [-0.2, 0) is 14.3 Å². The molecule has 22 heavy (non-hydrogen) atoms. The smallest absolute Gasteiger partial charge is 0.242 e. The van der Waals surface area contributed by atoms with Crippen molar-refractivity contribution >= 4 is 5.91 Å². The third kappa shape index (κ3) is 3.63. The molecule has 0 radical (unpaired) electrons. The highest BCUT2D eigenvalue weighted by Gasteiger charge is 2.33. The van der Waals surface area contributed by atoms with Gasteiger partial charge in [-0.25, -0.2) is 4.39 Å². The minimum absolute atomic E-state index is 0.0766. The summed E-state index contributed by atoms with van der Waals surface area (Å²) in [6.07, 6.45) is 0. The minimum atomic E-state index is -0.451. The average Bonchev–Trinajstić information content (AvgIpc) is 2.76. The summed E-state index contributed by atoms with van der Waals surface area (Å²) < 4.78 is 24.5. The van der Waals surface area contributed by atoms with Crippen LogP contribution < -0.4 is 5.32 Å². The second kappa shape index (κ2) is 7.17. The summed E-state index contributed by atoms with van der Waals surface area (Å²) in [4.78, 5) is 14.4. The van der Waals surface area contributed by atoms with Gasteiger partial charge in [0.1, 0.15) is 11.9 Å². The summed E-state index contributed by atoms with van der Waals surface area (Å²) in [5.41, 5.74) is 0.688. The largest absolute Gasteiger partial charge is 0.379 e. The molecule has 0 saturated carbocycles. The number of hydrogen-bond acceptors (Lipinski definition) is 4. The molecule has 0 aromatic heterocycles. The quantitative estimate of drug-likeness (QED) is 0.904. The van der Waals surface area contributed by atoms with E-state index < -0.39 is 6.04 Å². The van der Waals surface area contributed by atoms with Gasteiger partial charge in [-0.2, -0.15) is 0 Å². The van der Waals surface area contributed by atoms with E-state index in [1.807, 2.05) is 0 Å². The molecule has 0 bridgehead atoms. The average molecular weight is 308 g/mol. The number of carbonyl (C=O) groups excluding carboxylic acids is 1. The highest BCUT2D eigenvalue weighted by atomic mass is 19.1. The Morgan fingerprint density at radius 1 is 1.27 bits per heavy atom. The number of carbonyl (C=O) groups is 1.